The molecule has 1 spiro atoms. The van der Waals surface area contributed by atoms with Gasteiger partial charge in [-0.25, -0.2) is 4.98 Å². The zero-order valence-corrected chi connectivity index (χ0v) is 20.7. The van der Waals surface area contributed by atoms with Crippen molar-refractivity contribution in [2.24, 2.45) is 0 Å². The molecule has 1 N–H and O–H groups in total. The summed E-state index contributed by atoms with van der Waals surface area (Å²) in [5, 5.41) is 8.04. The van der Waals surface area contributed by atoms with Crippen LogP contribution < -0.4 is 10.1 Å². The van der Waals surface area contributed by atoms with Gasteiger partial charge >= 0.3 is 0 Å². The number of aromatic nitrogens is 2. The first-order valence-electron chi connectivity index (χ1n) is 11.7. The van der Waals surface area contributed by atoms with Crippen molar-refractivity contribution < 1.29 is 14.1 Å². The highest BCUT2D eigenvalue weighted by molar-refractivity contribution is 7.98. The fourth-order valence-corrected chi connectivity index (χ4v) is 5.99. The number of nitrogens with one attached hydrogen (secondary N) is 1. The van der Waals surface area contributed by atoms with Crippen LogP contribution in [0, 0.1) is 13.8 Å². The molecule has 0 bridgehead atoms. The molecule has 1 atom stereocenters. The lowest BCUT2D eigenvalue weighted by atomic mass is 9.80. The number of rotatable bonds is 5. The smallest absolute Gasteiger partial charge is 0.254 e. The van der Waals surface area contributed by atoms with E-state index >= 15 is 0 Å². The fraction of sp³-hybridized carbons (Fsp3) is 0.423. The van der Waals surface area contributed by atoms with Crippen LogP contribution in [0.1, 0.15) is 58.2 Å². The molecule has 0 aliphatic carbocycles. The number of nitrogens with zero attached hydrogens (tertiary/aromatic N) is 3. The van der Waals surface area contributed by atoms with E-state index in [0.29, 0.717) is 16.3 Å². The summed E-state index contributed by atoms with van der Waals surface area (Å²) in [6.07, 6.45) is 4.40. The first-order valence-corrected chi connectivity index (χ1v) is 12.7. The molecule has 0 unspecified atom stereocenters. The molecule has 2 aromatic heterocycles. The number of amides is 1. The number of para-hydroxylation sites is 1. The first kappa shape index (κ1) is 22.9. The van der Waals surface area contributed by atoms with Crippen molar-refractivity contribution in [2.75, 3.05) is 20.1 Å². The number of carbonyl (C=O) groups is 1. The standard InChI is InChI=1S/C26H30N4O3S/c1-17-21(18(2)33-29-17)16-34-25-20(8-6-12-27-25)24(31)28-22-15-26(10-13-30(3)14-11-26)32-23-9-5-4-7-19(22)23/h4-9,12,22H,10-11,13-16H2,1-3H3,(H,28,31)/t22-/m1/s1. The van der Waals surface area contributed by atoms with Crippen LogP contribution in [0.4, 0.5) is 0 Å². The maximum Gasteiger partial charge on any atom is 0.254 e. The lowest BCUT2D eigenvalue weighted by Gasteiger charge is -2.46. The Balaban J connectivity index is 1.37. The minimum Gasteiger partial charge on any atom is -0.487 e. The first-order chi connectivity index (χ1) is 16.4. The molecule has 1 fully saturated rings. The molecular weight excluding hydrogens is 448 g/mol. The van der Waals surface area contributed by atoms with Crippen molar-refractivity contribution in [2.45, 2.75) is 55.5 Å². The van der Waals surface area contributed by atoms with Gasteiger partial charge in [0.15, 0.2) is 0 Å². The zero-order valence-electron chi connectivity index (χ0n) is 19.8. The minimum atomic E-state index is -0.241. The predicted molar refractivity (Wildman–Crippen MR) is 131 cm³/mol. The number of ether oxygens (including phenoxy) is 1. The van der Waals surface area contributed by atoms with Crippen LogP contribution in [0.25, 0.3) is 0 Å². The molecule has 1 amide bonds. The van der Waals surface area contributed by atoms with Gasteiger partial charge in [-0.1, -0.05) is 23.4 Å². The molecule has 178 valence electrons. The second-order valence-electron chi connectivity index (χ2n) is 9.30. The number of hydrogen-bond acceptors (Lipinski definition) is 7. The monoisotopic (exact) mass is 478 g/mol. The van der Waals surface area contributed by atoms with Crippen LogP contribution in [-0.2, 0) is 5.75 Å². The van der Waals surface area contributed by atoms with Crippen molar-refractivity contribution in [1.29, 1.82) is 0 Å². The number of aryl methyl sites for hydroxylation is 2. The van der Waals surface area contributed by atoms with Gasteiger partial charge in [0, 0.05) is 42.6 Å². The number of piperidine rings is 1. The Hall–Kier alpha value is -2.84. The summed E-state index contributed by atoms with van der Waals surface area (Å²) in [7, 11) is 2.15. The summed E-state index contributed by atoms with van der Waals surface area (Å²) >= 11 is 1.53. The van der Waals surface area contributed by atoms with Crippen LogP contribution in [-0.4, -0.2) is 46.7 Å². The van der Waals surface area contributed by atoms with E-state index < -0.39 is 0 Å². The maximum atomic E-state index is 13.5. The molecule has 0 radical (unpaired) electrons. The van der Waals surface area contributed by atoms with E-state index in [1.807, 2.05) is 44.2 Å². The molecule has 5 rings (SSSR count). The summed E-state index contributed by atoms with van der Waals surface area (Å²) in [5.41, 5.74) is 3.29. The second kappa shape index (κ2) is 9.43. The van der Waals surface area contributed by atoms with Crippen molar-refractivity contribution in [3.63, 3.8) is 0 Å². The van der Waals surface area contributed by atoms with Crippen LogP contribution in [0.15, 0.2) is 52.1 Å². The van der Waals surface area contributed by atoms with E-state index in [0.717, 1.165) is 60.7 Å². The third-order valence-electron chi connectivity index (χ3n) is 6.95. The van der Waals surface area contributed by atoms with Crippen molar-refractivity contribution in [3.05, 3.63) is 70.7 Å². The van der Waals surface area contributed by atoms with Crippen LogP contribution >= 0.6 is 11.8 Å². The van der Waals surface area contributed by atoms with Gasteiger partial charge in [-0.15, -0.1) is 11.8 Å². The fourth-order valence-electron chi connectivity index (χ4n) is 4.84. The van der Waals surface area contributed by atoms with E-state index in [-0.39, 0.29) is 17.6 Å². The summed E-state index contributed by atoms with van der Waals surface area (Å²) in [6, 6.07) is 11.6. The lowest BCUT2D eigenvalue weighted by Crippen LogP contribution is -2.51. The van der Waals surface area contributed by atoms with Crippen molar-refractivity contribution in [3.8, 4) is 5.75 Å². The number of fused-ring (bicyclic) bond motifs is 1. The molecule has 4 heterocycles. The van der Waals surface area contributed by atoms with E-state index in [1.54, 1.807) is 6.20 Å². The Bertz CT molecular complexity index is 1170. The van der Waals surface area contributed by atoms with Gasteiger partial charge in [0.2, 0.25) is 0 Å². The second-order valence-corrected chi connectivity index (χ2v) is 10.3. The average molecular weight is 479 g/mol. The van der Waals surface area contributed by atoms with Crippen LogP contribution in [0.2, 0.25) is 0 Å². The molecule has 1 saturated heterocycles. The maximum absolute atomic E-state index is 13.5. The number of hydrogen-bond donors (Lipinski definition) is 1. The Kier molecular flexibility index (Phi) is 6.36. The molecule has 0 saturated carbocycles. The summed E-state index contributed by atoms with van der Waals surface area (Å²) in [4.78, 5) is 20.4. The average Bonchev–Trinajstić information content (AvgIpc) is 3.17. The van der Waals surface area contributed by atoms with Crippen LogP contribution in [0.5, 0.6) is 5.75 Å². The molecular formula is C26H30N4O3S. The summed E-state index contributed by atoms with van der Waals surface area (Å²) in [5.74, 6) is 2.21. The molecule has 34 heavy (non-hydrogen) atoms. The molecule has 2 aliphatic rings. The topological polar surface area (TPSA) is 80.5 Å². The largest absolute Gasteiger partial charge is 0.487 e. The Labute approximate surface area is 204 Å². The third-order valence-corrected chi connectivity index (χ3v) is 7.98. The molecule has 2 aliphatic heterocycles. The van der Waals surface area contributed by atoms with Gasteiger partial charge in [-0.3, -0.25) is 4.79 Å². The van der Waals surface area contributed by atoms with Gasteiger partial charge < -0.3 is 19.5 Å². The summed E-state index contributed by atoms with van der Waals surface area (Å²) in [6.45, 7) is 5.82. The highest BCUT2D eigenvalue weighted by Gasteiger charge is 2.43. The Morgan fingerprint density at radius 3 is 2.76 bits per heavy atom. The minimum absolute atomic E-state index is 0.110. The van der Waals surface area contributed by atoms with Gasteiger partial charge in [0.05, 0.1) is 17.3 Å². The highest BCUT2D eigenvalue weighted by Crippen LogP contribution is 2.44. The molecule has 3 aromatic rings. The number of likely N-dealkylation sites (tertiary alicyclic amines) is 1. The number of thioether (sulfide) groups is 1. The van der Waals surface area contributed by atoms with Crippen molar-refractivity contribution >= 4 is 17.7 Å². The number of carbonyl (C=O) groups excluding carboxylic acids is 1. The quantitative estimate of drug-likeness (QED) is 0.533. The van der Waals surface area contributed by atoms with E-state index in [4.69, 9.17) is 9.26 Å². The Morgan fingerprint density at radius 1 is 1.21 bits per heavy atom. The highest BCUT2D eigenvalue weighted by atomic mass is 32.2. The number of benzene rings is 1. The zero-order chi connectivity index (χ0) is 23.7. The SMILES string of the molecule is Cc1noc(C)c1CSc1ncccc1C(=O)N[C@@H]1CC2(CCN(C)CC2)Oc2ccccc21. The van der Waals surface area contributed by atoms with E-state index in [1.165, 1.54) is 11.8 Å². The van der Waals surface area contributed by atoms with E-state index in [2.05, 4.69) is 33.5 Å². The van der Waals surface area contributed by atoms with Crippen molar-refractivity contribution in [1.82, 2.24) is 20.4 Å². The normalized spacial score (nSPS) is 19.4. The van der Waals surface area contributed by atoms with Gasteiger partial charge in [0.25, 0.3) is 5.91 Å². The van der Waals surface area contributed by atoms with Gasteiger partial charge in [0.1, 0.15) is 22.1 Å². The molecule has 8 heteroatoms. The summed E-state index contributed by atoms with van der Waals surface area (Å²) < 4.78 is 11.8. The predicted octanol–water partition coefficient (Wildman–Crippen LogP) is 4.70. The molecule has 7 nitrogen and oxygen atoms in total. The van der Waals surface area contributed by atoms with Gasteiger partial charge in [-0.05, 0) is 51.9 Å². The van der Waals surface area contributed by atoms with E-state index in [9.17, 15) is 4.79 Å². The Morgan fingerprint density at radius 2 is 2.00 bits per heavy atom. The molecule has 1 aromatic carbocycles. The van der Waals surface area contributed by atoms with Gasteiger partial charge in [-0.2, -0.15) is 0 Å². The number of pyridine rings is 1. The lowest BCUT2D eigenvalue weighted by molar-refractivity contribution is -0.0195. The third kappa shape index (κ3) is 4.57. The van der Waals surface area contributed by atoms with Crippen LogP contribution in [0.3, 0.4) is 0 Å².